The number of likely N-dealkylation sites (tertiary alicyclic amines) is 2. The van der Waals surface area contributed by atoms with Gasteiger partial charge in [0, 0.05) is 31.7 Å². The molecule has 1 spiro atoms. The van der Waals surface area contributed by atoms with E-state index in [1.165, 1.54) is 0 Å². The predicted molar refractivity (Wildman–Crippen MR) is 104 cm³/mol. The van der Waals surface area contributed by atoms with Crippen molar-refractivity contribution in [3.05, 3.63) is 35.4 Å². The Bertz CT molecular complexity index is 692. The number of carbonyl (C=O) groups is 2. The summed E-state index contributed by atoms with van der Waals surface area (Å²) in [6, 6.07) is 7.88. The average molecular weight is 357 g/mol. The van der Waals surface area contributed by atoms with Gasteiger partial charge in [-0.05, 0) is 49.8 Å². The van der Waals surface area contributed by atoms with E-state index in [0.717, 1.165) is 63.1 Å². The molecule has 0 bridgehead atoms. The van der Waals surface area contributed by atoms with Crippen LogP contribution in [0, 0.1) is 10.8 Å². The summed E-state index contributed by atoms with van der Waals surface area (Å²) in [5, 5.41) is 0. The van der Waals surface area contributed by atoms with Gasteiger partial charge in [0.2, 0.25) is 5.91 Å². The predicted octanol–water partition coefficient (Wildman–Crippen LogP) is 3.75. The third-order valence-corrected chi connectivity index (χ3v) is 5.66. The van der Waals surface area contributed by atoms with Crippen LogP contribution in [0.15, 0.2) is 24.3 Å². The van der Waals surface area contributed by atoms with Crippen LogP contribution in [0.1, 0.15) is 62.9 Å². The van der Waals surface area contributed by atoms with Gasteiger partial charge in [-0.25, -0.2) is 0 Å². The van der Waals surface area contributed by atoms with Crippen LogP contribution in [0.5, 0.6) is 0 Å². The number of ketones is 1. The van der Waals surface area contributed by atoms with Gasteiger partial charge in [-0.1, -0.05) is 39.0 Å². The Morgan fingerprint density at radius 1 is 1.19 bits per heavy atom. The maximum Gasteiger partial charge on any atom is 0.230 e. The van der Waals surface area contributed by atoms with Crippen molar-refractivity contribution < 1.29 is 9.59 Å². The van der Waals surface area contributed by atoms with Crippen LogP contribution in [0.3, 0.4) is 0 Å². The lowest BCUT2D eigenvalue weighted by Crippen LogP contribution is -2.52. The van der Waals surface area contributed by atoms with Gasteiger partial charge in [0.05, 0.1) is 5.41 Å². The molecule has 1 atom stereocenters. The monoisotopic (exact) mass is 356 g/mol. The number of hydrogen-bond acceptors (Lipinski definition) is 3. The van der Waals surface area contributed by atoms with Crippen LogP contribution in [-0.4, -0.2) is 47.7 Å². The minimum absolute atomic E-state index is 0.102. The maximum absolute atomic E-state index is 13.2. The maximum atomic E-state index is 13.2. The second-order valence-corrected chi connectivity index (χ2v) is 9.39. The van der Waals surface area contributed by atoms with Crippen molar-refractivity contribution in [1.82, 2.24) is 9.80 Å². The van der Waals surface area contributed by atoms with Gasteiger partial charge in [0.1, 0.15) is 0 Å². The van der Waals surface area contributed by atoms with Crippen molar-refractivity contribution in [3.8, 4) is 0 Å². The highest BCUT2D eigenvalue weighted by atomic mass is 16.2. The first-order valence-corrected chi connectivity index (χ1v) is 9.80. The number of piperidine rings is 1. The third-order valence-electron chi connectivity index (χ3n) is 5.66. The molecule has 26 heavy (non-hydrogen) atoms. The zero-order chi connectivity index (χ0) is 18.9. The standard InChI is InChI=1S/C22H32N2O2/c1-17(25)19-8-5-7-18(13-19)14-23-12-10-22(16-23)9-6-11-24(20(22)26)15-21(2,3)4/h5,7-8,13H,6,9-12,14-16H2,1-4H3/t22-/m0/s1. The lowest BCUT2D eigenvalue weighted by Gasteiger charge is -2.42. The van der Waals surface area contributed by atoms with Crippen molar-refractivity contribution in [2.24, 2.45) is 10.8 Å². The van der Waals surface area contributed by atoms with Crippen molar-refractivity contribution >= 4 is 11.7 Å². The summed E-state index contributed by atoms with van der Waals surface area (Å²) < 4.78 is 0. The highest BCUT2D eigenvalue weighted by molar-refractivity contribution is 5.94. The first-order valence-electron chi connectivity index (χ1n) is 9.80. The number of benzene rings is 1. The van der Waals surface area contributed by atoms with Gasteiger partial charge in [-0.2, -0.15) is 0 Å². The normalized spacial score (nSPS) is 24.5. The molecule has 0 unspecified atom stereocenters. The van der Waals surface area contributed by atoms with Gasteiger partial charge >= 0.3 is 0 Å². The topological polar surface area (TPSA) is 40.6 Å². The van der Waals surface area contributed by atoms with E-state index in [0.29, 0.717) is 5.91 Å². The molecule has 4 heteroatoms. The van der Waals surface area contributed by atoms with Gasteiger partial charge < -0.3 is 4.90 Å². The van der Waals surface area contributed by atoms with Gasteiger partial charge in [0.25, 0.3) is 0 Å². The molecule has 2 fully saturated rings. The number of carbonyl (C=O) groups excluding carboxylic acids is 2. The van der Waals surface area contributed by atoms with Crippen LogP contribution >= 0.6 is 0 Å². The number of amides is 1. The third kappa shape index (κ3) is 4.17. The minimum Gasteiger partial charge on any atom is -0.342 e. The van der Waals surface area contributed by atoms with E-state index in [2.05, 4.69) is 36.6 Å². The molecule has 142 valence electrons. The molecule has 2 heterocycles. The van der Waals surface area contributed by atoms with E-state index in [-0.39, 0.29) is 16.6 Å². The largest absolute Gasteiger partial charge is 0.342 e. The Kier molecular flexibility index (Phi) is 5.25. The lowest BCUT2D eigenvalue weighted by molar-refractivity contribution is -0.147. The number of rotatable bonds is 4. The molecule has 3 rings (SSSR count). The Morgan fingerprint density at radius 2 is 1.96 bits per heavy atom. The Labute approximate surface area is 157 Å². The van der Waals surface area contributed by atoms with Crippen LogP contribution < -0.4 is 0 Å². The fourth-order valence-electron chi connectivity index (χ4n) is 4.49. The molecule has 2 saturated heterocycles. The quantitative estimate of drug-likeness (QED) is 0.772. The molecule has 0 aromatic heterocycles. The summed E-state index contributed by atoms with van der Waals surface area (Å²) >= 11 is 0. The summed E-state index contributed by atoms with van der Waals surface area (Å²) in [4.78, 5) is 29.3. The highest BCUT2D eigenvalue weighted by Crippen LogP contribution is 2.41. The SMILES string of the molecule is CC(=O)c1cccc(CN2CC[C@@]3(CCCN(CC(C)(C)C)C3=O)C2)c1. The minimum atomic E-state index is -0.193. The summed E-state index contributed by atoms with van der Waals surface area (Å²) in [5.74, 6) is 0.462. The van der Waals surface area contributed by atoms with Crippen LogP contribution in [0.25, 0.3) is 0 Å². The molecular formula is C22H32N2O2. The van der Waals surface area contributed by atoms with Crippen LogP contribution in [0.4, 0.5) is 0 Å². The molecule has 0 saturated carbocycles. The first-order chi connectivity index (χ1) is 12.2. The van der Waals surface area contributed by atoms with Crippen molar-refractivity contribution in [2.45, 2.75) is 53.5 Å². The second-order valence-electron chi connectivity index (χ2n) is 9.39. The molecule has 1 amide bonds. The van der Waals surface area contributed by atoms with E-state index in [1.807, 2.05) is 18.2 Å². The molecule has 2 aliphatic heterocycles. The van der Waals surface area contributed by atoms with E-state index < -0.39 is 0 Å². The molecule has 0 aliphatic carbocycles. The van der Waals surface area contributed by atoms with Gasteiger partial charge in [-0.15, -0.1) is 0 Å². The van der Waals surface area contributed by atoms with E-state index >= 15 is 0 Å². The smallest absolute Gasteiger partial charge is 0.230 e. The fraction of sp³-hybridized carbons (Fsp3) is 0.636. The molecule has 4 nitrogen and oxygen atoms in total. The summed E-state index contributed by atoms with van der Waals surface area (Å²) in [6.07, 6.45) is 3.07. The van der Waals surface area contributed by atoms with E-state index in [9.17, 15) is 9.59 Å². The molecule has 1 aromatic rings. The van der Waals surface area contributed by atoms with Gasteiger partial charge in [0.15, 0.2) is 5.78 Å². The Morgan fingerprint density at radius 3 is 2.65 bits per heavy atom. The lowest BCUT2D eigenvalue weighted by atomic mass is 9.77. The highest BCUT2D eigenvalue weighted by Gasteiger charge is 2.48. The van der Waals surface area contributed by atoms with Crippen LogP contribution in [-0.2, 0) is 11.3 Å². The zero-order valence-electron chi connectivity index (χ0n) is 16.7. The fourth-order valence-corrected chi connectivity index (χ4v) is 4.49. The van der Waals surface area contributed by atoms with Crippen molar-refractivity contribution in [3.63, 3.8) is 0 Å². The number of Topliss-reactive ketones (excluding diaryl/α,β-unsaturated/α-hetero) is 1. The molecule has 0 radical (unpaired) electrons. The summed E-state index contributed by atoms with van der Waals surface area (Å²) in [5.41, 5.74) is 1.87. The second kappa shape index (κ2) is 7.15. The molecule has 0 N–H and O–H groups in total. The van der Waals surface area contributed by atoms with E-state index in [1.54, 1.807) is 6.92 Å². The zero-order valence-corrected chi connectivity index (χ0v) is 16.7. The number of nitrogens with zero attached hydrogens (tertiary/aromatic N) is 2. The molecule has 1 aromatic carbocycles. The van der Waals surface area contributed by atoms with Crippen molar-refractivity contribution in [2.75, 3.05) is 26.2 Å². The Hall–Kier alpha value is -1.68. The first kappa shape index (κ1) is 19.1. The van der Waals surface area contributed by atoms with Crippen LogP contribution in [0.2, 0.25) is 0 Å². The summed E-state index contributed by atoms with van der Waals surface area (Å²) in [7, 11) is 0. The van der Waals surface area contributed by atoms with Gasteiger partial charge in [-0.3, -0.25) is 14.5 Å². The Balaban J connectivity index is 1.68. The molecule has 2 aliphatic rings. The summed E-state index contributed by atoms with van der Waals surface area (Å²) in [6.45, 7) is 12.6. The number of hydrogen-bond donors (Lipinski definition) is 0. The van der Waals surface area contributed by atoms with E-state index in [4.69, 9.17) is 0 Å². The van der Waals surface area contributed by atoms with Crippen molar-refractivity contribution in [1.29, 1.82) is 0 Å². The molecular weight excluding hydrogens is 324 g/mol. The average Bonchev–Trinajstić information content (AvgIpc) is 2.95.